The summed E-state index contributed by atoms with van der Waals surface area (Å²) in [5.41, 5.74) is 1.24. The van der Waals surface area contributed by atoms with Gasteiger partial charge in [0.15, 0.2) is 0 Å². The van der Waals surface area contributed by atoms with E-state index >= 15 is 0 Å². The van der Waals surface area contributed by atoms with Crippen molar-refractivity contribution in [3.63, 3.8) is 0 Å². The first kappa shape index (κ1) is 22.1. The van der Waals surface area contributed by atoms with Crippen molar-refractivity contribution < 1.29 is 19.0 Å². The van der Waals surface area contributed by atoms with E-state index in [4.69, 9.17) is 14.2 Å². The van der Waals surface area contributed by atoms with Gasteiger partial charge in [0.1, 0.15) is 6.10 Å². The molecule has 2 rings (SSSR count). The van der Waals surface area contributed by atoms with Crippen molar-refractivity contribution in [3.05, 3.63) is 12.2 Å². The molecule has 0 saturated carbocycles. The zero-order chi connectivity index (χ0) is 17.5. The molecule has 0 amide bonds. The third kappa shape index (κ3) is 11.3. The van der Waals surface area contributed by atoms with Gasteiger partial charge >= 0.3 is 5.97 Å². The van der Waals surface area contributed by atoms with E-state index in [1.165, 1.54) is 5.57 Å². The van der Waals surface area contributed by atoms with E-state index in [1.807, 2.05) is 20.8 Å². The van der Waals surface area contributed by atoms with Gasteiger partial charge in [0, 0.05) is 19.6 Å². The average Bonchev–Trinajstić information content (AvgIpc) is 3.18. The molecular formula is C19H36O4. The predicted octanol–water partition coefficient (Wildman–Crippen LogP) is 4.67. The van der Waals surface area contributed by atoms with Gasteiger partial charge in [-0.2, -0.15) is 0 Å². The standard InChI is InChI=1S/C11H20O2.C6H10O2.C2H6/c1-3-6-12-7-4-5-11-8-10(2)9-13-11;1-2-5-3-4-6(7)8-5;1-2/h11H,2-9H2,1H3;5H,2-4H2,1H3;1-2H3. The Hall–Kier alpha value is -0.870. The maximum atomic E-state index is 10.4. The zero-order valence-electron chi connectivity index (χ0n) is 15.6. The third-order valence-corrected chi connectivity index (χ3v) is 3.63. The first-order valence-corrected chi connectivity index (χ1v) is 9.21. The molecule has 23 heavy (non-hydrogen) atoms. The second-order valence-electron chi connectivity index (χ2n) is 5.70. The van der Waals surface area contributed by atoms with Crippen LogP contribution in [0.5, 0.6) is 0 Å². The van der Waals surface area contributed by atoms with Crippen LogP contribution in [-0.2, 0) is 19.0 Å². The lowest BCUT2D eigenvalue weighted by Gasteiger charge is -2.08. The highest BCUT2D eigenvalue weighted by molar-refractivity contribution is 5.71. The zero-order valence-corrected chi connectivity index (χ0v) is 15.6. The Balaban J connectivity index is 0.000000414. The lowest BCUT2D eigenvalue weighted by atomic mass is 10.1. The van der Waals surface area contributed by atoms with Crippen LogP contribution >= 0.6 is 0 Å². The average molecular weight is 328 g/mol. The highest BCUT2D eigenvalue weighted by Crippen LogP contribution is 2.20. The third-order valence-electron chi connectivity index (χ3n) is 3.63. The summed E-state index contributed by atoms with van der Waals surface area (Å²) in [7, 11) is 0. The van der Waals surface area contributed by atoms with Crippen molar-refractivity contribution >= 4 is 5.97 Å². The van der Waals surface area contributed by atoms with Crippen LogP contribution in [0.1, 0.15) is 72.6 Å². The van der Waals surface area contributed by atoms with E-state index in [2.05, 4.69) is 13.5 Å². The van der Waals surface area contributed by atoms with E-state index in [0.29, 0.717) is 12.5 Å². The minimum Gasteiger partial charge on any atom is -0.462 e. The molecule has 136 valence electrons. The SMILES string of the molecule is C=C1COC(CCCOCCC)C1.CC.CCC1CCC(=O)O1. The fourth-order valence-electron chi connectivity index (χ4n) is 2.39. The van der Waals surface area contributed by atoms with Gasteiger partial charge in [0.2, 0.25) is 0 Å². The minimum absolute atomic E-state index is 0.0307. The molecule has 0 N–H and O–H groups in total. The van der Waals surface area contributed by atoms with Crippen molar-refractivity contribution in [1.29, 1.82) is 0 Å². The Bertz CT molecular complexity index is 314. The first-order chi connectivity index (χ1) is 11.2. The number of carbonyl (C=O) groups is 1. The van der Waals surface area contributed by atoms with Gasteiger partial charge in [0.05, 0.1) is 12.7 Å². The molecular weight excluding hydrogens is 292 g/mol. The van der Waals surface area contributed by atoms with Crippen LogP contribution in [0.4, 0.5) is 0 Å². The molecule has 4 nitrogen and oxygen atoms in total. The van der Waals surface area contributed by atoms with E-state index in [0.717, 1.165) is 58.3 Å². The molecule has 2 saturated heterocycles. The Morgan fingerprint density at radius 3 is 2.39 bits per heavy atom. The van der Waals surface area contributed by atoms with Crippen LogP contribution in [0, 0.1) is 0 Å². The molecule has 2 aliphatic rings. The molecule has 0 aromatic carbocycles. The summed E-state index contributed by atoms with van der Waals surface area (Å²) in [4.78, 5) is 10.4. The molecule has 2 atom stereocenters. The van der Waals surface area contributed by atoms with E-state index < -0.39 is 0 Å². The van der Waals surface area contributed by atoms with Crippen molar-refractivity contribution in [3.8, 4) is 0 Å². The molecule has 0 aliphatic carbocycles. The van der Waals surface area contributed by atoms with Gasteiger partial charge in [-0.3, -0.25) is 4.79 Å². The molecule has 0 radical (unpaired) electrons. The highest BCUT2D eigenvalue weighted by Gasteiger charge is 2.20. The number of ether oxygens (including phenoxy) is 3. The maximum absolute atomic E-state index is 10.4. The monoisotopic (exact) mass is 328 g/mol. The van der Waals surface area contributed by atoms with Crippen LogP contribution in [0.15, 0.2) is 12.2 Å². The molecule has 0 bridgehead atoms. The minimum atomic E-state index is -0.0307. The summed E-state index contributed by atoms with van der Waals surface area (Å²) in [6.45, 7) is 14.6. The second-order valence-corrected chi connectivity index (χ2v) is 5.70. The van der Waals surface area contributed by atoms with Crippen molar-refractivity contribution in [2.75, 3.05) is 19.8 Å². The van der Waals surface area contributed by atoms with Crippen LogP contribution in [-0.4, -0.2) is 38.0 Å². The molecule has 4 heteroatoms. The van der Waals surface area contributed by atoms with Crippen LogP contribution in [0.3, 0.4) is 0 Å². The number of hydrogen-bond acceptors (Lipinski definition) is 4. The molecule has 2 heterocycles. The lowest BCUT2D eigenvalue weighted by molar-refractivity contribution is -0.141. The molecule has 0 aromatic rings. The molecule has 0 aromatic heterocycles. The fraction of sp³-hybridized carbons (Fsp3) is 0.842. The smallest absolute Gasteiger partial charge is 0.306 e. The summed E-state index contributed by atoms with van der Waals surface area (Å²) in [6.07, 6.45) is 7.53. The lowest BCUT2D eigenvalue weighted by Crippen LogP contribution is -2.06. The molecule has 2 aliphatic heterocycles. The predicted molar refractivity (Wildman–Crippen MR) is 94.6 cm³/mol. The molecule has 0 spiro atoms. The van der Waals surface area contributed by atoms with E-state index in [9.17, 15) is 4.79 Å². The largest absolute Gasteiger partial charge is 0.462 e. The van der Waals surface area contributed by atoms with Gasteiger partial charge < -0.3 is 14.2 Å². The van der Waals surface area contributed by atoms with Crippen molar-refractivity contribution in [2.45, 2.75) is 84.8 Å². The fourth-order valence-corrected chi connectivity index (χ4v) is 2.39. The Morgan fingerprint density at radius 2 is 1.96 bits per heavy atom. The summed E-state index contributed by atoms with van der Waals surface area (Å²) < 4.78 is 15.8. The topological polar surface area (TPSA) is 44.8 Å². The quantitative estimate of drug-likeness (QED) is 0.387. The Morgan fingerprint density at radius 1 is 1.22 bits per heavy atom. The van der Waals surface area contributed by atoms with Crippen LogP contribution < -0.4 is 0 Å². The van der Waals surface area contributed by atoms with Crippen molar-refractivity contribution in [1.82, 2.24) is 0 Å². The van der Waals surface area contributed by atoms with E-state index in [1.54, 1.807) is 0 Å². The number of esters is 1. The highest BCUT2D eigenvalue weighted by atomic mass is 16.5. The van der Waals surface area contributed by atoms with Crippen molar-refractivity contribution in [2.24, 2.45) is 0 Å². The van der Waals surface area contributed by atoms with E-state index in [-0.39, 0.29) is 12.1 Å². The number of rotatable bonds is 7. The normalized spacial score (nSPS) is 22.8. The van der Waals surface area contributed by atoms with Gasteiger partial charge in [-0.15, -0.1) is 0 Å². The summed E-state index contributed by atoms with van der Waals surface area (Å²) in [6, 6.07) is 0. The Labute approximate surface area is 142 Å². The maximum Gasteiger partial charge on any atom is 0.306 e. The summed E-state index contributed by atoms with van der Waals surface area (Å²) >= 11 is 0. The number of cyclic esters (lactones) is 1. The van der Waals surface area contributed by atoms with Gasteiger partial charge in [0.25, 0.3) is 0 Å². The van der Waals surface area contributed by atoms with Gasteiger partial charge in [-0.25, -0.2) is 0 Å². The number of hydrogen-bond donors (Lipinski definition) is 0. The van der Waals surface area contributed by atoms with Gasteiger partial charge in [-0.05, 0) is 44.1 Å². The Kier molecular flexibility index (Phi) is 14.1. The molecule has 2 unspecified atom stereocenters. The summed E-state index contributed by atoms with van der Waals surface area (Å²) in [5, 5.41) is 0. The summed E-state index contributed by atoms with van der Waals surface area (Å²) in [5.74, 6) is -0.0307. The van der Waals surface area contributed by atoms with Crippen LogP contribution in [0.2, 0.25) is 0 Å². The first-order valence-electron chi connectivity index (χ1n) is 9.21. The number of carbonyl (C=O) groups excluding carboxylic acids is 1. The van der Waals surface area contributed by atoms with Crippen LogP contribution in [0.25, 0.3) is 0 Å². The molecule has 2 fully saturated rings. The second kappa shape index (κ2) is 14.7. The van der Waals surface area contributed by atoms with Gasteiger partial charge in [-0.1, -0.05) is 34.3 Å².